The lowest BCUT2D eigenvalue weighted by molar-refractivity contribution is -0.162. The number of nitrogens with zero attached hydrogens (tertiary/aromatic N) is 2. The van der Waals surface area contributed by atoms with Crippen LogP contribution in [0, 0.1) is 0 Å². The van der Waals surface area contributed by atoms with Gasteiger partial charge >= 0.3 is 6.18 Å². The van der Waals surface area contributed by atoms with Gasteiger partial charge in [0, 0.05) is 19.5 Å². The number of rotatable bonds is 5. The van der Waals surface area contributed by atoms with Crippen LogP contribution in [0.4, 0.5) is 13.2 Å². The van der Waals surface area contributed by atoms with E-state index in [1.165, 1.54) is 6.33 Å². The van der Waals surface area contributed by atoms with E-state index >= 15 is 0 Å². The van der Waals surface area contributed by atoms with Gasteiger partial charge in [-0.2, -0.15) is 13.2 Å². The Morgan fingerprint density at radius 3 is 2.95 bits per heavy atom. The molecule has 0 saturated carbocycles. The SMILES string of the molecule is CCCCN(CC(F)(F)F)C(=O)C1Cc2nc[nH]c2CN1. The van der Waals surface area contributed by atoms with Crippen LogP contribution in [0.15, 0.2) is 6.33 Å². The van der Waals surface area contributed by atoms with Crippen molar-refractivity contribution in [3.05, 3.63) is 17.7 Å². The first-order valence-corrected chi connectivity index (χ1v) is 7.00. The standard InChI is InChI=1S/C13H19F3N4O/c1-2-3-4-20(7-13(14,15)16)12(21)10-5-9-11(6-17-10)19-8-18-9/h8,10,17H,2-7H2,1H3,(H,18,19). The zero-order chi connectivity index (χ0) is 15.5. The predicted molar refractivity (Wildman–Crippen MR) is 70.5 cm³/mol. The molecule has 0 fully saturated rings. The lowest BCUT2D eigenvalue weighted by Crippen LogP contribution is -2.52. The highest BCUT2D eigenvalue weighted by atomic mass is 19.4. The van der Waals surface area contributed by atoms with Crippen molar-refractivity contribution in [1.29, 1.82) is 0 Å². The third kappa shape index (κ3) is 4.20. The Labute approximate surface area is 120 Å². The Morgan fingerprint density at radius 1 is 1.52 bits per heavy atom. The summed E-state index contributed by atoms with van der Waals surface area (Å²) in [6.45, 7) is 1.22. The van der Waals surface area contributed by atoms with Crippen molar-refractivity contribution in [3.63, 3.8) is 0 Å². The topological polar surface area (TPSA) is 61.0 Å². The highest BCUT2D eigenvalue weighted by Crippen LogP contribution is 2.19. The number of alkyl halides is 3. The van der Waals surface area contributed by atoms with E-state index in [0.717, 1.165) is 22.7 Å². The number of carbonyl (C=O) groups excluding carboxylic acids is 1. The van der Waals surface area contributed by atoms with Gasteiger partial charge in [0.25, 0.3) is 0 Å². The Bertz CT molecular complexity index is 486. The first-order valence-electron chi connectivity index (χ1n) is 7.00. The molecule has 118 valence electrons. The minimum absolute atomic E-state index is 0.125. The van der Waals surface area contributed by atoms with Gasteiger partial charge in [0.1, 0.15) is 6.54 Å². The monoisotopic (exact) mass is 304 g/mol. The second-order valence-electron chi connectivity index (χ2n) is 5.19. The number of nitrogens with one attached hydrogen (secondary N) is 2. The predicted octanol–water partition coefficient (Wildman–Crippen LogP) is 1.61. The number of hydrogen-bond donors (Lipinski definition) is 2. The van der Waals surface area contributed by atoms with Crippen LogP contribution in [-0.4, -0.2) is 46.1 Å². The molecule has 2 rings (SSSR count). The average molecular weight is 304 g/mol. The highest BCUT2D eigenvalue weighted by Gasteiger charge is 2.36. The Morgan fingerprint density at radius 2 is 2.29 bits per heavy atom. The van der Waals surface area contributed by atoms with Crippen molar-refractivity contribution in [1.82, 2.24) is 20.2 Å². The van der Waals surface area contributed by atoms with Crippen molar-refractivity contribution in [3.8, 4) is 0 Å². The summed E-state index contributed by atoms with van der Waals surface area (Å²) in [7, 11) is 0. The molecule has 5 nitrogen and oxygen atoms in total. The quantitative estimate of drug-likeness (QED) is 0.869. The molecular formula is C13H19F3N4O. The molecule has 0 aliphatic carbocycles. The molecule has 1 aromatic heterocycles. The molecule has 1 unspecified atom stereocenters. The normalized spacial score (nSPS) is 18.4. The number of H-pyrrole nitrogens is 1. The van der Waals surface area contributed by atoms with E-state index in [1.54, 1.807) is 0 Å². The van der Waals surface area contributed by atoms with Gasteiger partial charge in [-0.25, -0.2) is 4.98 Å². The van der Waals surface area contributed by atoms with Crippen LogP contribution in [0.25, 0.3) is 0 Å². The summed E-state index contributed by atoms with van der Waals surface area (Å²) in [5, 5.41) is 2.97. The maximum atomic E-state index is 12.6. The second-order valence-corrected chi connectivity index (χ2v) is 5.19. The summed E-state index contributed by atoms with van der Waals surface area (Å²) in [5.41, 5.74) is 1.63. The Balaban J connectivity index is 2.04. The molecule has 1 aliphatic rings. The van der Waals surface area contributed by atoms with Crippen LogP contribution in [0.3, 0.4) is 0 Å². The number of amides is 1. The van der Waals surface area contributed by atoms with Gasteiger partial charge in [-0.15, -0.1) is 0 Å². The summed E-state index contributed by atoms with van der Waals surface area (Å²) in [6.07, 6.45) is -1.23. The molecule has 2 heterocycles. The van der Waals surface area contributed by atoms with Crippen LogP contribution in [0.5, 0.6) is 0 Å². The van der Waals surface area contributed by atoms with Crippen molar-refractivity contribution in [2.45, 2.75) is 44.9 Å². The highest BCUT2D eigenvalue weighted by molar-refractivity contribution is 5.82. The van der Waals surface area contributed by atoms with Gasteiger partial charge in [0.05, 0.1) is 23.8 Å². The van der Waals surface area contributed by atoms with E-state index in [-0.39, 0.29) is 6.54 Å². The van der Waals surface area contributed by atoms with Gasteiger partial charge in [-0.1, -0.05) is 13.3 Å². The van der Waals surface area contributed by atoms with Gasteiger partial charge in [-0.05, 0) is 6.42 Å². The van der Waals surface area contributed by atoms with Crippen LogP contribution < -0.4 is 5.32 Å². The molecule has 21 heavy (non-hydrogen) atoms. The minimum Gasteiger partial charge on any atom is -0.347 e. The summed E-state index contributed by atoms with van der Waals surface area (Å²) < 4.78 is 37.9. The molecule has 0 radical (unpaired) electrons. The van der Waals surface area contributed by atoms with Gasteiger partial charge in [0.15, 0.2) is 0 Å². The molecule has 2 N–H and O–H groups in total. The lowest BCUT2D eigenvalue weighted by Gasteiger charge is -2.30. The summed E-state index contributed by atoms with van der Waals surface area (Å²) in [5.74, 6) is -0.505. The number of hydrogen-bond acceptors (Lipinski definition) is 3. The average Bonchev–Trinajstić information content (AvgIpc) is 2.88. The molecule has 1 amide bonds. The maximum absolute atomic E-state index is 12.6. The first-order chi connectivity index (χ1) is 9.90. The zero-order valence-corrected chi connectivity index (χ0v) is 11.8. The molecule has 0 saturated heterocycles. The summed E-state index contributed by atoms with van der Waals surface area (Å²) in [4.78, 5) is 20.3. The summed E-state index contributed by atoms with van der Waals surface area (Å²) in [6, 6.07) is -0.639. The van der Waals surface area contributed by atoms with Gasteiger partial charge < -0.3 is 9.88 Å². The number of unbranched alkanes of at least 4 members (excludes halogenated alkanes) is 1. The summed E-state index contributed by atoms with van der Waals surface area (Å²) >= 11 is 0. The molecule has 1 aliphatic heterocycles. The van der Waals surface area contributed by atoms with Crippen molar-refractivity contribution >= 4 is 5.91 Å². The third-order valence-corrected chi connectivity index (χ3v) is 3.49. The molecule has 0 spiro atoms. The molecule has 0 bridgehead atoms. The molecule has 1 aromatic rings. The van der Waals surface area contributed by atoms with Crippen LogP contribution >= 0.6 is 0 Å². The molecular weight excluding hydrogens is 285 g/mol. The fourth-order valence-electron chi connectivity index (χ4n) is 2.40. The van der Waals surface area contributed by atoms with E-state index < -0.39 is 24.7 Å². The van der Waals surface area contributed by atoms with Crippen molar-refractivity contribution < 1.29 is 18.0 Å². The van der Waals surface area contributed by atoms with Crippen molar-refractivity contribution in [2.24, 2.45) is 0 Å². The number of aromatic nitrogens is 2. The number of aromatic amines is 1. The van der Waals surface area contributed by atoms with E-state index in [9.17, 15) is 18.0 Å². The van der Waals surface area contributed by atoms with E-state index in [1.807, 2.05) is 6.92 Å². The lowest BCUT2D eigenvalue weighted by atomic mass is 10.0. The Hall–Kier alpha value is -1.57. The van der Waals surface area contributed by atoms with Crippen molar-refractivity contribution in [2.75, 3.05) is 13.1 Å². The molecule has 1 atom stereocenters. The number of halogens is 3. The third-order valence-electron chi connectivity index (χ3n) is 3.49. The van der Waals surface area contributed by atoms with Crippen LogP contribution in [-0.2, 0) is 17.8 Å². The van der Waals surface area contributed by atoms with Crippen LogP contribution in [0.1, 0.15) is 31.2 Å². The van der Waals surface area contributed by atoms with E-state index in [2.05, 4.69) is 15.3 Å². The maximum Gasteiger partial charge on any atom is 0.406 e. The minimum atomic E-state index is -4.38. The van der Waals surface area contributed by atoms with Crippen LogP contribution in [0.2, 0.25) is 0 Å². The first kappa shape index (κ1) is 15.8. The zero-order valence-electron chi connectivity index (χ0n) is 11.8. The van der Waals surface area contributed by atoms with E-state index in [0.29, 0.717) is 19.4 Å². The number of fused-ring (bicyclic) bond motifs is 1. The smallest absolute Gasteiger partial charge is 0.347 e. The van der Waals surface area contributed by atoms with E-state index in [4.69, 9.17) is 0 Å². The van der Waals surface area contributed by atoms with Gasteiger partial charge in [0.2, 0.25) is 5.91 Å². The molecule has 0 aromatic carbocycles. The Kier molecular flexibility index (Phi) is 4.87. The number of imidazole rings is 1. The largest absolute Gasteiger partial charge is 0.406 e. The second kappa shape index (κ2) is 6.46. The molecule has 8 heteroatoms. The van der Waals surface area contributed by atoms with Gasteiger partial charge in [-0.3, -0.25) is 10.1 Å². The fraction of sp³-hybridized carbons (Fsp3) is 0.692. The fourth-order valence-corrected chi connectivity index (χ4v) is 2.40. The number of carbonyl (C=O) groups is 1.